The van der Waals surface area contributed by atoms with Gasteiger partial charge in [-0.3, -0.25) is 9.13 Å². The van der Waals surface area contributed by atoms with Gasteiger partial charge in [0.2, 0.25) is 0 Å². The Morgan fingerprint density at radius 2 is 1.62 bits per heavy atom. The van der Waals surface area contributed by atoms with Gasteiger partial charge in [-0.15, -0.1) is 0 Å². The fourth-order valence-corrected chi connectivity index (χ4v) is 4.32. The number of terminal acetylenes is 2. The Labute approximate surface area is 120 Å². The second-order valence-electron chi connectivity index (χ2n) is 3.14. The summed E-state index contributed by atoms with van der Waals surface area (Å²) in [5.74, 6) is 0. The molecular weight excluding hydrogens is 351 g/mol. The molecule has 0 saturated heterocycles. The second-order valence-corrected chi connectivity index (χ2v) is 7.55. The molecule has 0 aromatic carbocycles. The van der Waals surface area contributed by atoms with Crippen molar-refractivity contribution >= 4 is 23.7 Å². The molecule has 0 aromatic rings. The average Bonchev–Trinajstić information content (AvgIpc) is 2.28. The van der Waals surface area contributed by atoms with Gasteiger partial charge in [0.1, 0.15) is 18.5 Å². The maximum atomic E-state index is 11.6. The zero-order valence-electron chi connectivity index (χ0n) is 10.3. The molecule has 3 atom stereocenters. The van der Waals surface area contributed by atoms with Gasteiger partial charge >= 0.3 is 23.7 Å². The predicted octanol–water partition coefficient (Wildman–Crippen LogP) is 0.0765. The first kappa shape index (κ1) is 20.2. The highest BCUT2D eigenvalue weighted by Gasteiger charge is 2.36. The van der Waals surface area contributed by atoms with Gasteiger partial charge in [0, 0.05) is 0 Å². The third kappa shape index (κ3) is 10.5. The monoisotopic (exact) mass is 363 g/mol. The molecule has 0 aliphatic rings. The molecule has 0 spiro atoms. The Hall–Kier alpha value is -0.830. The van der Waals surface area contributed by atoms with E-state index in [9.17, 15) is 18.6 Å². The number of phosphoric acid groups is 1. The van der Waals surface area contributed by atoms with Crippen molar-refractivity contribution in [3.05, 3.63) is 0 Å². The lowest BCUT2D eigenvalue weighted by Crippen LogP contribution is -2.29. The van der Waals surface area contributed by atoms with E-state index in [1.807, 2.05) is 0 Å². The normalized spacial score (nSPS) is 17.8. The van der Waals surface area contributed by atoms with Crippen LogP contribution in [0, 0.1) is 25.1 Å². The maximum absolute atomic E-state index is 11.6. The molecule has 0 saturated carbocycles. The van der Waals surface area contributed by atoms with E-state index in [1.54, 1.807) is 12.2 Å². The smallest absolute Gasteiger partial charge is 0.430 e. The lowest BCUT2D eigenvalue weighted by molar-refractivity contribution is 0.0379. The predicted molar refractivity (Wildman–Crippen MR) is 69.3 cm³/mol. The SMILES string of the molecule is C#COCN(COC#C)CP(=O)(O)OP(=O)(O)O[PH](=O)O. The van der Waals surface area contributed by atoms with E-state index in [-0.39, 0.29) is 0 Å². The highest BCUT2D eigenvalue weighted by Crippen LogP contribution is 2.62. The molecule has 0 amide bonds. The van der Waals surface area contributed by atoms with Gasteiger partial charge in [-0.2, -0.15) is 0 Å². The van der Waals surface area contributed by atoms with Crippen molar-refractivity contribution in [1.82, 2.24) is 4.90 Å². The highest BCUT2D eigenvalue weighted by molar-refractivity contribution is 7.66. The number of ether oxygens (including phenoxy) is 2. The van der Waals surface area contributed by atoms with Crippen LogP contribution in [-0.4, -0.2) is 39.3 Å². The van der Waals surface area contributed by atoms with Crippen molar-refractivity contribution in [2.24, 2.45) is 0 Å². The van der Waals surface area contributed by atoms with Crippen LogP contribution in [0.4, 0.5) is 0 Å². The first-order valence-corrected chi connectivity index (χ1v) is 9.29. The van der Waals surface area contributed by atoms with Crippen LogP contribution in [0.5, 0.6) is 0 Å². The van der Waals surface area contributed by atoms with Crippen LogP contribution in [0.2, 0.25) is 0 Å². The number of hydrogen-bond donors (Lipinski definition) is 3. The zero-order valence-corrected chi connectivity index (χ0v) is 13.1. The topological polar surface area (TPSA) is 152 Å². The van der Waals surface area contributed by atoms with E-state index in [1.165, 1.54) is 0 Å². The van der Waals surface area contributed by atoms with Crippen LogP contribution in [0.25, 0.3) is 0 Å². The van der Waals surface area contributed by atoms with E-state index in [2.05, 4.69) is 18.1 Å². The summed E-state index contributed by atoms with van der Waals surface area (Å²) in [5.41, 5.74) is 0. The van der Waals surface area contributed by atoms with Gasteiger partial charge in [0.25, 0.3) is 0 Å². The fraction of sp³-hybridized carbons (Fsp3) is 0.429. The second kappa shape index (κ2) is 9.24. The maximum Gasteiger partial charge on any atom is 0.486 e. The van der Waals surface area contributed by atoms with Crippen molar-refractivity contribution < 1.29 is 46.5 Å². The number of nitrogens with zero attached hydrogens (tertiary/aromatic N) is 1. The standard InChI is InChI=1S/C7H12NO10P3/c1-3-15-5-8(6-16-4-2)7-20(11,12)18-21(13,14)17-19(9)10/h1-2,19H,5-7H2,(H,9,10)(H,11,12)(H,13,14). The van der Waals surface area contributed by atoms with Crippen LogP contribution in [-0.2, 0) is 31.8 Å². The Morgan fingerprint density at radius 1 is 1.14 bits per heavy atom. The summed E-state index contributed by atoms with van der Waals surface area (Å²) in [4.78, 5) is 27.7. The van der Waals surface area contributed by atoms with Crippen LogP contribution in [0.1, 0.15) is 0 Å². The third-order valence-electron chi connectivity index (χ3n) is 1.46. The summed E-state index contributed by atoms with van der Waals surface area (Å²) in [5, 5.41) is 0. The fourth-order valence-electron chi connectivity index (χ4n) is 0.931. The molecule has 0 aliphatic heterocycles. The van der Waals surface area contributed by atoms with Gasteiger partial charge in [-0.25, -0.2) is 18.1 Å². The van der Waals surface area contributed by atoms with E-state index in [0.717, 1.165) is 4.90 Å². The van der Waals surface area contributed by atoms with Gasteiger partial charge < -0.3 is 24.2 Å². The molecule has 3 unspecified atom stereocenters. The van der Waals surface area contributed by atoms with Crippen LogP contribution in [0.3, 0.4) is 0 Å². The Balaban J connectivity index is 4.76. The molecule has 120 valence electrons. The minimum absolute atomic E-state index is 0.403. The van der Waals surface area contributed by atoms with E-state index >= 15 is 0 Å². The molecule has 3 N–H and O–H groups in total. The third-order valence-corrected chi connectivity index (χ3v) is 5.62. The molecule has 0 aromatic heterocycles. The summed E-state index contributed by atoms with van der Waals surface area (Å²) in [7, 11) is -13.8. The van der Waals surface area contributed by atoms with Gasteiger partial charge in [0.05, 0.1) is 0 Å². The van der Waals surface area contributed by atoms with Crippen molar-refractivity contribution in [3.8, 4) is 25.1 Å². The van der Waals surface area contributed by atoms with Gasteiger partial charge in [-0.05, 0) is 0 Å². The lowest BCUT2D eigenvalue weighted by Gasteiger charge is -2.22. The molecule has 0 heterocycles. The van der Waals surface area contributed by atoms with E-state index in [0.29, 0.717) is 0 Å². The summed E-state index contributed by atoms with van der Waals surface area (Å²) >= 11 is 0. The Kier molecular flexibility index (Phi) is 8.88. The Bertz CT molecular complexity index is 518. The summed E-state index contributed by atoms with van der Waals surface area (Å²) < 4.78 is 49.7. The highest BCUT2D eigenvalue weighted by atomic mass is 31.3. The van der Waals surface area contributed by atoms with Crippen LogP contribution in [0.15, 0.2) is 0 Å². The first-order chi connectivity index (χ1) is 9.62. The van der Waals surface area contributed by atoms with E-state index < -0.39 is 43.4 Å². The average molecular weight is 363 g/mol. The van der Waals surface area contributed by atoms with Crippen molar-refractivity contribution in [2.75, 3.05) is 19.7 Å². The van der Waals surface area contributed by atoms with Gasteiger partial charge in [-0.1, -0.05) is 12.8 Å². The molecular formula is C7H12NO10P3. The molecule has 0 fully saturated rings. The molecule has 14 heteroatoms. The van der Waals surface area contributed by atoms with Crippen LogP contribution >= 0.6 is 23.7 Å². The minimum atomic E-state index is -5.20. The van der Waals surface area contributed by atoms with Crippen molar-refractivity contribution in [3.63, 3.8) is 0 Å². The molecule has 0 bridgehead atoms. The molecule has 0 radical (unpaired) electrons. The number of rotatable bonds is 10. The van der Waals surface area contributed by atoms with Crippen LogP contribution < -0.4 is 0 Å². The summed E-state index contributed by atoms with van der Waals surface area (Å²) in [6.45, 7) is -0.807. The molecule has 0 aliphatic carbocycles. The lowest BCUT2D eigenvalue weighted by atomic mass is 10.9. The largest absolute Gasteiger partial charge is 0.486 e. The first-order valence-electron chi connectivity index (χ1n) is 4.77. The van der Waals surface area contributed by atoms with Gasteiger partial charge in [0.15, 0.2) is 13.5 Å². The van der Waals surface area contributed by atoms with E-state index in [4.69, 9.17) is 22.6 Å². The molecule has 11 nitrogen and oxygen atoms in total. The number of hydrogen-bond acceptors (Lipinski definition) is 8. The minimum Gasteiger partial charge on any atom is -0.430 e. The Morgan fingerprint density at radius 3 is 2.00 bits per heavy atom. The van der Waals surface area contributed by atoms with Crippen molar-refractivity contribution in [1.29, 1.82) is 0 Å². The zero-order chi connectivity index (χ0) is 16.5. The van der Waals surface area contributed by atoms with Crippen molar-refractivity contribution in [2.45, 2.75) is 0 Å². The quantitative estimate of drug-likeness (QED) is 0.275. The molecule has 21 heavy (non-hydrogen) atoms. The molecule has 0 rings (SSSR count). The summed E-state index contributed by atoms with van der Waals surface area (Å²) in [6, 6.07) is 0. The summed E-state index contributed by atoms with van der Waals surface area (Å²) in [6.07, 6.45) is 12.3.